The van der Waals surface area contributed by atoms with E-state index in [4.69, 9.17) is 0 Å². The number of hydrogen-bond acceptors (Lipinski definition) is 3. The molecule has 0 bridgehead atoms. The number of carbonyl (C=O) groups is 2. The third-order valence-electron chi connectivity index (χ3n) is 3.65. The van der Waals surface area contributed by atoms with Gasteiger partial charge in [0.25, 0.3) is 5.91 Å². The fraction of sp³-hybridized carbons (Fsp3) is 0.467. The number of likely N-dealkylation sites (tertiary alicyclic amines) is 1. The van der Waals surface area contributed by atoms with Gasteiger partial charge in [-0.2, -0.15) is 0 Å². The number of hydrogen-bond donors (Lipinski definition) is 2. The first-order chi connectivity index (χ1) is 9.58. The highest BCUT2D eigenvalue weighted by molar-refractivity contribution is 5.96. The molecule has 1 aromatic carbocycles. The Kier molecular flexibility index (Phi) is 4.74. The molecule has 108 valence electrons. The van der Waals surface area contributed by atoms with Crippen LogP contribution in [0.5, 0.6) is 0 Å². The van der Waals surface area contributed by atoms with Crippen molar-refractivity contribution >= 4 is 11.8 Å². The van der Waals surface area contributed by atoms with Crippen LogP contribution < -0.4 is 5.32 Å². The van der Waals surface area contributed by atoms with Gasteiger partial charge in [0.15, 0.2) is 0 Å². The summed E-state index contributed by atoms with van der Waals surface area (Å²) in [6.45, 7) is 3.01. The summed E-state index contributed by atoms with van der Waals surface area (Å²) in [6.07, 6.45) is 0.262. The van der Waals surface area contributed by atoms with Gasteiger partial charge in [0.1, 0.15) is 0 Å². The molecule has 0 spiro atoms. The van der Waals surface area contributed by atoms with Crippen molar-refractivity contribution in [3.05, 3.63) is 35.9 Å². The van der Waals surface area contributed by atoms with Gasteiger partial charge in [0, 0.05) is 18.7 Å². The van der Waals surface area contributed by atoms with Crippen LogP contribution in [0.1, 0.15) is 23.7 Å². The molecule has 2 N–H and O–H groups in total. The van der Waals surface area contributed by atoms with E-state index in [1.54, 1.807) is 29.2 Å². The lowest BCUT2D eigenvalue weighted by Gasteiger charge is -2.34. The molecule has 1 aliphatic rings. The van der Waals surface area contributed by atoms with Crippen LogP contribution in [0.3, 0.4) is 0 Å². The summed E-state index contributed by atoms with van der Waals surface area (Å²) < 4.78 is 0. The zero-order valence-electron chi connectivity index (χ0n) is 11.6. The van der Waals surface area contributed by atoms with Crippen molar-refractivity contribution in [1.29, 1.82) is 0 Å². The second kappa shape index (κ2) is 6.52. The summed E-state index contributed by atoms with van der Waals surface area (Å²) in [7, 11) is 0. The highest BCUT2D eigenvalue weighted by Gasteiger charge is 2.27. The molecule has 2 rings (SSSR count). The molecule has 1 aromatic rings. The second-order valence-corrected chi connectivity index (χ2v) is 5.22. The van der Waals surface area contributed by atoms with E-state index in [0.29, 0.717) is 25.1 Å². The van der Waals surface area contributed by atoms with Crippen LogP contribution in [0.25, 0.3) is 0 Å². The molecule has 2 atom stereocenters. The molecule has 0 aromatic heterocycles. The van der Waals surface area contributed by atoms with Gasteiger partial charge in [-0.1, -0.05) is 25.1 Å². The van der Waals surface area contributed by atoms with Gasteiger partial charge in [-0.15, -0.1) is 0 Å². The maximum atomic E-state index is 12.0. The summed E-state index contributed by atoms with van der Waals surface area (Å²) in [4.78, 5) is 25.5. The minimum Gasteiger partial charge on any atom is -0.393 e. The molecule has 2 unspecified atom stereocenters. The predicted octanol–water partition coefficient (Wildman–Crippen LogP) is 0.646. The van der Waals surface area contributed by atoms with Crippen LogP contribution in [-0.2, 0) is 4.79 Å². The molecule has 1 saturated heterocycles. The normalized spacial score (nSPS) is 22.4. The van der Waals surface area contributed by atoms with Gasteiger partial charge in [-0.3, -0.25) is 9.59 Å². The van der Waals surface area contributed by atoms with E-state index in [1.165, 1.54) is 0 Å². The monoisotopic (exact) mass is 276 g/mol. The number of rotatable bonds is 3. The largest absolute Gasteiger partial charge is 0.393 e. The fourth-order valence-corrected chi connectivity index (χ4v) is 2.32. The maximum absolute atomic E-state index is 12.0. The number of piperidine rings is 1. The lowest BCUT2D eigenvalue weighted by atomic mass is 9.97. The molecule has 2 amide bonds. The van der Waals surface area contributed by atoms with Crippen molar-refractivity contribution in [3.63, 3.8) is 0 Å². The third kappa shape index (κ3) is 3.57. The lowest BCUT2D eigenvalue weighted by molar-refractivity contribution is -0.133. The van der Waals surface area contributed by atoms with Gasteiger partial charge < -0.3 is 15.3 Å². The number of nitrogens with one attached hydrogen (secondary N) is 1. The molecule has 1 aliphatic heterocycles. The van der Waals surface area contributed by atoms with Gasteiger partial charge in [-0.05, 0) is 24.5 Å². The molecule has 5 heteroatoms. The van der Waals surface area contributed by atoms with Crippen LogP contribution in [0.2, 0.25) is 0 Å². The molecule has 1 heterocycles. The fourth-order valence-electron chi connectivity index (χ4n) is 2.32. The molecule has 0 aliphatic carbocycles. The zero-order valence-corrected chi connectivity index (χ0v) is 11.6. The van der Waals surface area contributed by atoms with Gasteiger partial charge in [-0.25, -0.2) is 0 Å². The van der Waals surface area contributed by atoms with Gasteiger partial charge in [0.2, 0.25) is 5.91 Å². The highest BCUT2D eigenvalue weighted by Crippen LogP contribution is 2.16. The van der Waals surface area contributed by atoms with Crippen molar-refractivity contribution in [2.45, 2.75) is 19.4 Å². The lowest BCUT2D eigenvalue weighted by Crippen LogP contribution is -2.48. The van der Waals surface area contributed by atoms with Gasteiger partial charge >= 0.3 is 0 Å². The summed E-state index contributed by atoms with van der Waals surface area (Å²) in [5.74, 6) is -0.269. The number of aliphatic hydroxyl groups excluding tert-OH is 1. The average Bonchev–Trinajstić information content (AvgIpc) is 2.48. The molecule has 20 heavy (non-hydrogen) atoms. The van der Waals surface area contributed by atoms with E-state index in [1.807, 2.05) is 13.0 Å². The Morgan fingerprint density at radius 2 is 2.05 bits per heavy atom. The Morgan fingerprint density at radius 3 is 2.70 bits per heavy atom. The number of amides is 2. The maximum Gasteiger partial charge on any atom is 0.251 e. The van der Waals surface area contributed by atoms with Crippen molar-refractivity contribution < 1.29 is 14.7 Å². The van der Waals surface area contributed by atoms with Crippen LogP contribution in [0, 0.1) is 5.92 Å². The Morgan fingerprint density at radius 1 is 1.35 bits per heavy atom. The van der Waals surface area contributed by atoms with Crippen LogP contribution >= 0.6 is 0 Å². The predicted molar refractivity (Wildman–Crippen MR) is 75.1 cm³/mol. The van der Waals surface area contributed by atoms with Crippen LogP contribution in [0.4, 0.5) is 0 Å². The molecule has 1 fully saturated rings. The standard InChI is InChI=1S/C15H20N2O3/c1-11-10-17(8-7-13(11)18)14(19)9-16-15(20)12-5-3-2-4-6-12/h2-6,11,13,18H,7-10H2,1H3,(H,16,20). The average molecular weight is 276 g/mol. The molecule has 0 saturated carbocycles. The first kappa shape index (κ1) is 14.5. The zero-order chi connectivity index (χ0) is 14.5. The first-order valence-electron chi connectivity index (χ1n) is 6.87. The topological polar surface area (TPSA) is 69.6 Å². The van der Waals surface area contributed by atoms with Crippen LogP contribution in [0.15, 0.2) is 30.3 Å². The number of carbonyl (C=O) groups excluding carboxylic acids is 2. The molecule has 5 nitrogen and oxygen atoms in total. The molecular formula is C15H20N2O3. The number of aliphatic hydroxyl groups is 1. The Balaban J connectivity index is 1.82. The quantitative estimate of drug-likeness (QED) is 0.851. The summed E-state index contributed by atoms with van der Waals surface area (Å²) in [5.41, 5.74) is 0.544. The van der Waals surface area contributed by atoms with Crippen molar-refractivity contribution in [1.82, 2.24) is 10.2 Å². The van der Waals surface area contributed by atoms with E-state index in [2.05, 4.69) is 5.32 Å². The first-order valence-corrected chi connectivity index (χ1v) is 6.87. The summed E-state index contributed by atoms with van der Waals surface area (Å²) in [5, 5.41) is 12.3. The van der Waals surface area contributed by atoms with Crippen molar-refractivity contribution in [3.8, 4) is 0 Å². The minimum atomic E-state index is -0.335. The highest BCUT2D eigenvalue weighted by atomic mass is 16.3. The summed E-state index contributed by atoms with van der Waals surface area (Å²) >= 11 is 0. The van der Waals surface area contributed by atoms with E-state index >= 15 is 0 Å². The van der Waals surface area contributed by atoms with Crippen molar-refractivity contribution in [2.75, 3.05) is 19.6 Å². The Labute approximate surface area is 118 Å². The summed E-state index contributed by atoms with van der Waals surface area (Å²) in [6, 6.07) is 8.81. The second-order valence-electron chi connectivity index (χ2n) is 5.22. The van der Waals surface area contributed by atoms with Gasteiger partial charge in [0.05, 0.1) is 12.6 Å². The minimum absolute atomic E-state index is 0.00343. The van der Waals surface area contributed by atoms with Crippen molar-refractivity contribution in [2.24, 2.45) is 5.92 Å². The van der Waals surface area contributed by atoms with E-state index in [9.17, 15) is 14.7 Å². The van der Waals surface area contributed by atoms with E-state index in [0.717, 1.165) is 0 Å². The van der Waals surface area contributed by atoms with E-state index < -0.39 is 0 Å². The Bertz CT molecular complexity index is 475. The molecular weight excluding hydrogens is 256 g/mol. The third-order valence-corrected chi connectivity index (χ3v) is 3.65. The number of benzene rings is 1. The van der Waals surface area contributed by atoms with E-state index in [-0.39, 0.29) is 30.4 Å². The number of nitrogens with zero attached hydrogens (tertiary/aromatic N) is 1. The molecule has 0 radical (unpaired) electrons. The SMILES string of the molecule is CC1CN(C(=O)CNC(=O)c2ccccc2)CCC1O. The van der Waals surface area contributed by atoms with Crippen LogP contribution in [-0.4, -0.2) is 47.6 Å². The Hall–Kier alpha value is -1.88. The smallest absolute Gasteiger partial charge is 0.251 e.